The third kappa shape index (κ3) is 1.18. The van der Waals surface area contributed by atoms with Crippen LogP contribution in [0.2, 0.25) is 0 Å². The number of halogens is 1. The fraction of sp³-hybridized carbons (Fsp3) is 0.125. The number of ether oxygens (including phenoxy) is 2. The molecule has 0 radical (unpaired) electrons. The van der Waals surface area contributed by atoms with E-state index in [1.54, 1.807) is 12.1 Å². The molecule has 0 spiro atoms. The van der Waals surface area contributed by atoms with E-state index in [2.05, 4.69) is 15.9 Å². The molecule has 0 fully saturated rings. The number of carbonyl (C=O) groups excluding carboxylic acids is 1. The molecule has 62 valence electrons. The van der Waals surface area contributed by atoms with Crippen molar-refractivity contribution in [2.45, 2.75) is 0 Å². The molecule has 2 rings (SSSR count). The van der Waals surface area contributed by atoms with Crippen LogP contribution < -0.4 is 9.47 Å². The van der Waals surface area contributed by atoms with Gasteiger partial charge in [0.25, 0.3) is 0 Å². The Hall–Kier alpha value is -1.03. The first-order valence-electron chi connectivity index (χ1n) is 3.39. The minimum atomic E-state index is -0.366. The molecule has 0 amide bonds. The van der Waals surface area contributed by atoms with Gasteiger partial charge in [0.2, 0.25) is 0 Å². The Bertz CT molecular complexity index is 335. The van der Waals surface area contributed by atoms with E-state index >= 15 is 0 Å². The van der Waals surface area contributed by atoms with Gasteiger partial charge in [0, 0.05) is 0 Å². The molecule has 0 atom stereocenters. The van der Waals surface area contributed by atoms with Crippen LogP contribution in [0.15, 0.2) is 22.7 Å². The zero-order chi connectivity index (χ0) is 8.55. The van der Waals surface area contributed by atoms with E-state index in [1.807, 2.05) is 6.07 Å². The highest BCUT2D eigenvalue weighted by molar-refractivity contribution is 9.10. The third-order valence-electron chi connectivity index (χ3n) is 1.49. The second kappa shape index (κ2) is 2.79. The SMILES string of the molecule is O=C1COc2cccc(Br)c2O1. The summed E-state index contributed by atoms with van der Waals surface area (Å²) in [5.41, 5.74) is 0. The van der Waals surface area contributed by atoms with E-state index in [9.17, 15) is 4.79 Å². The molecule has 0 unspecified atom stereocenters. The average Bonchev–Trinajstić information content (AvgIpc) is 2.07. The Labute approximate surface area is 77.4 Å². The number of benzene rings is 1. The Balaban J connectivity index is 2.50. The van der Waals surface area contributed by atoms with Gasteiger partial charge in [-0.3, -0.25) is 0 Å². The van der Waals surface area contributed by atoms with Crippen LogP contribution in [-0.2, 0) is 4.79 Å². The van der Waals surface area contributed by atoms with E-state index in [-0.39, 0.29) is 12.6 Å². The van der Waals surface area contributed by atoms with Gasteiger partial charge >= 0.3 is 5.97 Å². The predicted octanol–water partition coefficient (Wildman–Crippen LogP) is 1.75. The molecule has 0 N–H and O–H groups in total. The number of fused-ring (bicyclic) bond motifs is 1. The Morgan fingerprint density at radius 2 is 2.25 bits per heavy atom. The van der Waals surface area contributed by atoms with Crippen molar-refractivity contribution in [3.05, 3.63) is 22.7 Å². The molecular formula is C8H5BrO3. The molecule has 12 heavy (non-hydrogen) atoms. The fourth-order valence-corrected chi connectivity index (χ4v) is 1.41. The molecule has 1 heterocycles. The van der Waals surface area contributed by atoms with E-state index < -0.39 is 0 Å². The Morgan fingerprint density at radius 3 is 3.08 bits per heavy atom. The number of esters is 1. The summed E-state index contributed by atoms with van der Waals surface area (Å²) >= 11 is 3.25. The number of carbonyl (C=O) groups is 1. The maximum Gasteiger partial charge on any atom is 0.349 e. The van der Waals surface area contributed by atoms with Crippen LogP contribution in [-0.4, -0.2) is 12.6 Å². The second-order valence-electron chi connectivity index (χ2n) is 2.33. The lowest BCUT2D eigenvalue weighted by atomic mass is 10.3. The molecule has 0 saturated heterocycles. The molecule has 1 aromatic carbocycles. The highest BCUT2D eigenvalue weighted by Gasteiger charge is 2.19. The molecule has 3 nitrogen and oxygen atoms in total. The quantitative estimate of drug-likeness (QED) is 0.502. The molecule has 0 saturated carbocycles. The smallest absolute Gasteiger partial charge is 0.349 e. The summed E-state index contributed by atoms with van der Waals surface area (Å²) in [5.74, 6) is 0.701. The van der Waals surface area contributed by atoms with Gasteiger partial charge in [-0.1, -0.05) is 6.07 Å². The van der Waals surface area contributed by atoms with Crippen LogP contribution in [0.25, 0.3) is 0 Å². The number of hydrogen-bond acceptors (Lipinski definition) is 3. The minimum absolute atomic E-state index is 0.0105. The highest BCUT2D eigenvalue weighted by atomic mass is 79.9. The molecule has 0 aromatic heterocycles. The van der Waals surface area contributed by atoms with Gasteiger partial charge in [-0.15, -0.1) is 0 Å². The lowest BCUT2D eigenvalue weighted by Gasteiger charge is -2.16. The van der Waals surface area contributed by atoms with Crippen molar-refractivity contribution >= 4 is 21.9 Å². The summed E-state index contributed by atoms with van der Waals surface area (Å²) in [6.07, 6.45) is 0. The molecule has 1 aromatic rings. The first kappa shape index (κ1) is 7.61. The lowest BCUT2D eigenvalue weighted by Crippen LogP contribution is -2.22. The highest BCUT2D eigenvalue weighted by Crippen LogP contribution is 2.36. The molecule has 0 aliphatic carbocycles. The normalized spacial score (nSPS) is 14.6. The van der Waals surface area contributed by atoms with Gasteiger partial charge in [0.1, 0.15) is 0 Å². The van der Waals surface area contributed by atoms with E-state index in [4.69, 9.17) is 9.47 Å². The van der Waals surface area contributed by atoms with Crippen LogP contribution in [0.1, 0.15) is 0 Å². The van der Waals surface area contributed by atoms with E-state index in [0.29, 0.717) is 11.5 Å². The maximum absolute atomic E-state index is 10.8. The molecule has 0 bridgehead atoms. The zero-order valence-corrected chi connectivity index (χ0v) is 7.63. The van der Waals surface area contributed by atoms with Crippen LogP contribution >= 0.6 is 15.9 Å². The third-order valence-corrected chi connectivity index (χ3v) is 2.12. The van der Waals surface area contributed by atoms with Crippen LogP contribution in [0.4, 0.5) is 0 Å². The van der Waals surface area contributed by atoms with Gasteiger partial charge in [-0.25, -0.2) is 4.79 Å². The standard InChI is InChI=1S/C8H5BrO3/c9-5-2-1-3-6-8(5)12-7(10)4-11-6/h1-3H,4H2. The lowest BCUT2D eigenvalue weighted by molar-refractivity contribution is -0.138. The summed E-state index contributed by atoms with van der Waals surface area (Å²) in [6, 6.07) is 5.37. The summed E-state index contributed by atoms with van der Waals surface area (Å²) in [6.45, 7) is -0.0105. The average molecular weight is 229 g/mol. The first-order chi connectivity index (χ1) is 5.77. The summed E-state index contributed by atoms with van der Waals surface area (Å²) in [4.78, 5) is 10.8. The predicted molar refractivity (Wildman–Crippen MR) is 45.3 cm³/mol. The first-order valence-corrected chi connectivity index (χ1v) is 4.18. The van der Waals surface area contributed by atoms with Crippen molar-refractivity contribution in [2.24, 2.45) is 0 Å². The topological polar surface area (TPSA) is 35.5 Å². The molecule has 1 aliphatic heterocycles. The number of rotatable bonds is 0. The summed E-state index contributed by atoms with van der Waals surface area (Å²) < 4.78 is 10.8. The monoisotopic (exact) mass is 228 g/mol. The van der Waals surface area contributed by atoms with Crippen LogP contribution in [0, 0.1) is 0 Å². The molecule has 4 heteroatoms. The van der Waals surface area contributed by atoms with Crippen molar-refractivity contribution < 1.29 is 14.3 Å². The summed E-state index contributed by atoms with van der Waals surface area (Å²) in [5, 5.41) is 0. The van der Waals surface area contributed by atoms with Gasteiger partial charge < -0.3 is 9.47 Å². The van der Waals surface area contributed by atoms with Crippen molar-refractivity contribution in [1.82, 2.24) is 0 Å². The molecular weight excluding hydrogens is 224 g/mol. The zero-order valence-electron chi connectivity index (χ0n) is 6.04. The fourth-order valence-electron chi connectivity index (χ4n) is 0.982. The van der Waals surface area contributed by atoms with Gasteiger partial charge in [0.05, 0.1) is 4.47 Å². The maximum atomic E-state index is 10.8. The van der Waals surface area contributed by atoms with Gasteiger partial charge in [-0.2, -0.15) is 0 Å². The van der Waals surface area contributed by atoms with E-state index in [1.165, 1.54) is 0 Å². The van der Waals surface area contributed by atoms with Crippen molar-refractivity contribution in [3.63, 3.8) is 0 Å². The summed E-state index contributed by atoms with van der Waals surface area (Å²) in [7, 11) is 0. The van der Waals surface area contributed by atoms with E-state index in [0.717, 1.165) is 4.47 Å². The number of hydrogen-bond donors (Lipinski definition) is 0. The van der Waals surface area contributed by atoms with Gasteiger partial charge in [0.15, 0.2) is 18.1 Å². The second-order valence-corrected chi connectivity index (χ2v) is 3.18. The van der Waals surface area contributed by atoms with Crippen LogP contribution in [0.5, 0.6) is 11.5 Å². The van der Waals surface area contributed by atoms with Crippen molar-refractivity contribution in [3.8, 4) is 11.5 Å². The Morgan fingerprint density at radius 1 is 1.42 bits per heavy atom. The van der Waals surface area contributed by atoms with Crippen molar-refractivity contribution in [1.29, 1.82) is 0 Å². The molecule has 1 aliphatic rings. The van der Waals surface area contributed by atoms with Gasteiger partial charge in [-0.05, 0) is 28.1 Å². The van der Waals surface area contributed by atoms with Crippen LogP contribution in [0.3, 0.4) is 0 Å². The largest absolute Gasteiger partial charge is 0.478 e. The minimum Gasteiger partial charge on any atom is -0.478 e. The van der Waals surface area contributed by atoms with Crippen molar-refractivity contribution in [2.75, 3.05) is 6.61 Å². The Kier molecular flexibility index (Phi) is 1.77. The number of para-hydroxylation sites is 1.